The van der Waals surface area contributed by atoms with Crippen LogP contribution in [0.3, 0.4) is 0 Å². The molecule has 0 saturated heterocycles. The van der Waals surface area contributed by atoms with E-state index in [1.165, 1.54) is 0 Å². The highest BCUT2D eigenvalue weighted by Gasteiger charge is 2.29. The van der Waals surface area contributed by atoms with Crippen LogP contribution in [0.15, 0.2) is 54.6 Å². The third-order valence-electron chi connectivity index (χ3n) is 4.43. The fourth-order valence-corrected chi connectivity index (χ4v) is 3.38. The van der Waals surface area contributed by atoms with Crippen molar-refractivity contribution in [3.63, 3.8) is 0 Å². The lowest BCUT2D eigenvalue weighted by Crippen LogP contribution is -2.54. The minimum absolute atomic E-state index is 0.0727. The molecule has 0 radical (unpaired) electrons. The lowest BCUT2D eigenvalue weighted by atomic mass is 10.0. The molecule has 0 fully saturated rings. The Kier molecular flexibility index (Phi) is 9.10. The quantitative estimate of drug-likeness (QED) is 0.437. The molecule has 30 heavy (non-hydrogen) atoms. The molecule has 3 N–H and O–H groups in total. The normalized spacial score (nSPS) is 12.7. The van der Waals surface area contributed by atoms with Crippen LogP contribution in [-0.4, -0.2) is 35.2 Å². The summed E-state index contributed by atoms with van der Waals surface area (Å²) in [4.78, 5) is 36.6. The van der Waals surface area contributed by atoms with E-state index in [0.29, 0.717) is 0 Å². The van der Waals surface area contributed by atoms with Crippen molar-refractivity contribution in [1.29, 1.82) is 0 Å². The molecule has 0 bridgehead atoms. The first-order valence-electron chi connectivity index (χ1n) is 9.51. The summed E-state index contributed by atoms with van der Waals surface area (Å²) in [7, 11) is 0. The summed E-state index contributed by atoms with van der Waals surface area (Å²) >= 11 is 2.13. The Morgan fingerprint density at radius 2 is 1.63 bits per heavy atom. The molecule has 0 aliphatic carbocycles. The van der Waals surface area contributed by atoms with Crippen LogP contribution < -0.4 is 10.6 Å². The zero-order chi connectivity index (χ0) is 22.1. The molecular weight excluding hydrogens is 499 g/mol. The van der Waals surface area contributed by atoms with Gasteiger partial charge in [-0.25, -0.2) is 9.59 Å². The van der Waals surface area contributed by atoms with E-state index in [4.69, 9.17) is 4.74 Å². The number of carbonyl (C=O) groups is 3. The van der Waals surface area contributed by atoms with Gasteiger partial charge in [0.15, 0.2) is 0 Å². The average molecular weight is 524 g/mol. The SMILES string of the molecule is CC(C)[C@@H](NC(=O)OCc1ccccc1)C(=O)N[C@@H](Cc1ccccc1I)C(=O)O. The molecule has 7 nitrogen and oxygen atoms in total. The van der Waals surface area contributed by atoms with Gasteiger partial charge in [0.25, 0.3) is 0 Å². The van der Waals surface area contributed by atoms with Crippen LogP contribution in [0.2, 0.25) is 0 Å². The molecule has 2 amide bonds. The molecule has 2 aromatic rings. The van der Waals surface area contributed by atoms with Crippen molar-refractivity contribution in [2.24, 2.45) is 5.92 Å². The van der Waals surface area contributed by atoms with Crippen LogP contribution in [-0.2, 0) is 27.4 Å². The number of alkyl carbamates (subject to hydrolysis) is 1. The van der Waals surface area contributed by atoms with E-state index in [0.717, 1.165) is 14.7 Å². The zero-order valence-corrected chi connectivity index (χ0v) is 19.0. The Hall–Kier alpha value is -2.62. The van der Waals surface area contributed by atoms with Crippen LogP contribution in [0, 0.1) is 9.49 Å². The van der Waals surface area contributed by atoms with Crippen LogP contribution in [0.4, 0.5) is 4.79 Å². The molecule has 0 aliphatic heterocycles. The van der Waals surface area contributed by atoms with E-state index >= 15 is 0 Å². The van der Waals surface area contributed by atoms with Crippen molar-refractivity contribution in [3.8, 4) is 0 Å². The van der Waals surface area contributed by atoms with Crippen LogP contribution in [0.5, 0.6) is 0 Å². The first kappa shape index (κ1) is 23.7. The molecule has 2 atom stereocenters. The van der Waals surface area contributed by atoms with Crippen LogP contribution in [0.1, 0.15) is 25.0 Å². The van der Waals surface area contributed by atoms with Gasteiger partial charge in [-0.05, 0) is 45.7 Å². The molecule has 0 spiro atoms. The molecule has 0 saturated carbocycles. The molecular formula is C22H25IN2O5. The van der Waals surface area contributed by atoms with Gasteiger partial charge in [0.05, 0.1) is 0 Å². The van der Waals surface area contributed by atoms with Gasteiger partial charge in [0.2, 0.25) is 5.91 Å². The Labute approximate surface area is 189 Å². The van der Waals surface area contributed by atoms with E-state index in [-0.39, 0.29) is 18.9 Å². The average Bonchev–Trinajstić information content (AvgIpc) is 2.71. The smallest absolute Gasteiger partial charge is 0.408 e. The molecule has 0 aromatic heterocycles. The number of carboxylic acids is 1. The summed E-state index contributed by atoms with van der Waals surface area (Å²) in [6.07, 6.45) is -0.596. The van der Waals surface area contributed by atoms with Crippen molar-refractivity contribution in [2.75, 3.05) is 0 Å². The van der Waals surface area contributed by atoms with Crippen molar-refractivity contribution in [1.82, 2.24) is 10.6 Å². The van der Waals surface area contributed by atoms with Crippen molar-refractivity contribution in [2.45, 2.75) is 39.0 Å². The van der Waals surface area contributed by atoms with Crippen molar-refractivity contribution < 1.29 is 24.2 Å². The van der Waals surface area contributed by atoms with Gasteiger partial charge in [0, 0.05) is 9.99 Å². The second-order valence-electron chi connectivity index (χ2n) is 7.12. The summed E-state index contributed by atoms with van der Waals surface area (Å²) in [6.45, 7) is 3.60. The lowest BCUT2D eigenvalue weighted by molar-refractivity contribution is -0.142. The Balaban J connectivity index is 1.99. The lowest BCUT2D eigenvalue weighted by Gasteiger charge is -2.24. The number of benzene rings is 2. The fraction of sp³-hybridized carbons (Fsp3) is 0.318. The van der Waals surface area contributed by atoms with E-state index < -0.39 is 30.1 Å². The monoisotopic (exact) mass is 524 g/mol. The minimum Gasteiger partial charge on any atom is -0.480 e. The molecule has 0 aliphatic rings. The Bertz CT molecular complexity index is 873. The third-order valence-corrected chi connectivity index (χ3v) is 5.48. The first-order valence-corrected chi connectivity index (χ1v) is 10.6. The number of hydrogen-bond donors (Lipinski definition) is 3. The molecule has 2 aromatic carbocycles. The predicted octanol–water partition coefficient (Wildman–Crippen LogP) is 3.35. The van der Waals surface area contributed by atoms with Gasteiger partial charge >= 0.3 is 12.1 Å². The number of aliphatic carboxylic acids is 1. The fourth-order valence-electron chi connectivity index (χ4n) is 2.77. The molecule has 2 rings (SSSR count). The topological polar surface area (TPSA) is 105 Å². The number of rotatable bonds is 9. The maximum atomic E-state index is 12.7. The summed E-state index contributed by atoms with van der Waals surface area (Å²) in [5, 5.41) is 14.6. The summed E-state index contributed by atoms with van der Waals surface area (Å²) in [6, 6.07) is 14.5. The van der Waals surface area contributed by atoms with Gasteiger partial charge in [-0.2, -0.15) is 0 Å². The number of ether oxygens (including phenoxy) is 1. The number of halogens is 1. The van der Waals surface area contributed by atoms with Gasteiger partial charge < -0.3 is 20.5 Å². The third kappa shape index (κ3) is 7.33. The standard InChI is InChI=1S/C22H25IN2O5/c1-14(2)19(25-22(29)30-13-15-8-4-3-5-9-15)20(26)24-18(21(27)28)12-16-10-6-7-11-17(16)23/h3-11,14,18-19H,12-13H2,1-2H3,(H,24,26)(H,25,29)(H,27,28)/t18-,19+/m0/s1. The molecule has 0 unspecified atom stereocenters. The first-order chi connectivity index (χ1) is 14.3. The second-order valence-corrected chi connectivity index (χ2v) is 8.28. The predicted molar refractivity (Wildman–Crippen MR) is 121 cm³/mol. The Morgan fingerprint density at radius 3 is 2.23 bits per heavy atom. The van der Waals surface area contributed by atoms with Crippen molar-refractivity contribution in [3.05, 3.63) is 69.3 Å². The maximum absolute atomic E-state index is 12.7. The van der Waals surface area contributed by atoms with E-state index in [1.807, 2.05) is 54.6 Å². The number of carboxylic acid groups (broad SMARTS) is 1. The number of nitrogens with one attached hydrogen (secondary N) is 2. The number of amides is 2. The summed E-state index contributed by atoms with van der Waals surface area (Å²) < 4.78 is 6.09. The molecule has 8 heteroatoms. The van der Waals surface area contributed by atoms with E-state index in [9.17, 15) is 19.5 Å². The summed E-state index contributed by atoms with van der Waals surface area (Å²) in [5.74, 6) is -1.97. The summed E-state index contributed by atoms with van der Waals surface area (Å²) in [5.41, 5.74) is 1.64. The zero-order valence-electron chi connectivity index (χ0n) is 16.8. The highest BCUT2D eigenvalue weighted by atomic mass is 127. The second kappa shape index (κ2) is 11.5. The highest BCUT2D eigenvalue weighted by molar-refractivity contribution is 14.1. The Morgan fingerprint density at radius 1 is 1.00 bits per heavy atom. The maximum Gasteiger partial charge on any atom is 0.408 e. The largest absolute Gasteiger partial charge is 0.480 e. The molecule has 160 valence electrons. The number of hydrogen-bond acceptors (Lipinski definition) is 4. The van der Waals surface area contributed by atoms with Crippen LogP contribution >= 0.6 is 22.6 Å². The molecule has 0 heterocycles. The van der Waals surface area contributed by atoms with Crippen molar-refractivity contribution >= 4 is 40.6 Å². The number of carbonyl (C=O) groups excluding carboxylic acids is 2. The van der Waals surface area contributed by atoms with Gasteiger partial charge in [-0.3, -0.25) is 4.79 Å². The van der Waals surface area contributed by atoms with E-state index in [1.54, 1.807) is 13.8 Å². The van der Waals surface area contributed by atoms with Gasteiger partial charge in [-0.15, -0.1) is 0 Å². The van der Waals surface area contributed by atoms with E-state index in [2.05, 4.69) is 33.2 Å². The van der Waals surface area contributed by atoms with Gasteiger partial charge in [-0.1, -0.05) is 62.4 Å². The highest BCUT2D eigenvalue weighted by Crippen LogP contribution is 2.14. The van der Waals surface area contributed by atoms with Crippen LogP contribution in [0.25, 0.3) is 0 Å². The van der Waals surface area contributed by atoms with Gasteiger partial charge in [0.1, 0.15) is 18.7 Å². The minimum atomic E-state index is -1.14.